The van der Waals surface area contributed by atoms with Crippen molar-refractivity contribution >= 4 is 23.5 Å². The molecule has 2 atom stereocenters. The zero-order valence-corrected chi connectivity index (χ0v) is 14.1. The third-order valence-corrected chi connectivity index (χ3v) is 4.41. The molecule has 1 rings (SSSR count). The zero-order valence-electron chi connectivity index (χ0n) is 13.4. The summed E-state index contributed by atoms with van der Waals surface area (Å²) in [6, 6.07) is 7.73. The molecular weight excluding hydrogens is 302 g/mol. The molecule has 122 valence electrons. The quantitative estimate of drug-likeness (QED) is 0.737. The number of carboxylic acid groups (broad SMARTS) is 1. The molecule has 1 amide bonds. The van der Waals surface area contributed by atoms with E-state index in [0.717, 1.165) is 5.56 Å². The summed E-state index contributed by atoms with van der Waals surface area (Å²) in [5.74, 6) is -0.561. The highest BCUT2D eigenvalue weighted by Crippen LogP contribution is 2.24. The summed E-state index contributed by atoms with van der Waals surface area (Å²) >= 11 is 5.90. The molecule has 0 aliphatic carbocycles. The van der Waals surface area contributed by atoms with E-state index in [0.29, 0.717) is 24.3 Å². The Balaban J connectivity index is 2.52. The minimum absolute atomic E-state index is 0.0544. The first-order valence-electron chi connectivity index (χ1n) is 7.56. The lowest BCUT2D eigenvalue weighted by molar-refractivity contribution is -0.137. The molecule has 1 aromatic carbocycles. The number of carboxylic acids is 1. The number of unbranched alkanes of at least 4 members (excludes halogenated alkanes) is 1. The SMILES string of the molecule is CC(c1ccc(Cl)cc1)C(C)N(C)C(=O)CCCCC(=O)O. The summed E-state index contributed by atoms with van der Waals surface area (Å²) in [6.07, 6.45) is 1.66. The number of benzene rings is 1. The molecule has 1 aromatic rings. The Morgan fingerprint density at radius 1 is 1.14 bits per heavy atom. The van der Waals surface area contributed by atoms with E-state index in [2.05, 4.69) is 6.92 Å². The summed E-state index contributed by atoms with van der Waals surface area (Å²) in [6.45, 7) is 4.11. The first-order chi connectivity index (χ1) is 10.3. The summed E-state index contributed by atoms with van der Waals surface area (Å²) in [7, 11) is 1.80. The smallest absolute Gasteiger partial charge is 0.303 e. The van der Waals surface area contributed by atoms with Gasteiger partial charge in [0.2, 0.25) is 5.91 Å². The van der Waals surface area contributed by atoms with Crippen molar-refractivity contribution in [2.24, 2.45) is 0 Å². The van der Waals surface area contributed by atoms with Crippen LogP contribution in [0.2, 0.25) is 5.02 Å². The average Bonchev–Trinajstić information content (AvgIpc) is 2.49. The molecule has 0 saturated heterocycles. The van der Waals surface area contributed by atoms with Crippen LogP contribution >= 0.6 is 11.6 Å². The second kappa shape index (κ2) is 8.79. The van der Waals surface area contributed by atoms with Gasteiger partial charge in [-0.05, 0) is 37.5 Å². The lowest BCUT2D eigenvalue weighted by Crippen LogP contribution is -2.38. The molecule has 0 spiro atoms. The van der Waals surface area contributed by atoms with Gasteiger partial charge in [-0.2, -0.15) is 0 Å². The minimum atomic E-state index is -0.814. The molecule has 22 heavy (non-hydrogen) atoms. The zero-order chi connectivity index (χ0) is 16.7. The van der Waals surface area contributed by atoms with Crippen molar-refractivity contribution in [2.45, 2.75) is 51.5 Å². The van der Waals surface area contributed by atoms with Crippen LogP contribution in [0.3, 0.4) is 0 Å². The number of hydrogen-bond donors (Lipinski definition) is 1. The average molecular weight is 326 g/mol. The van der Waals surface area contributed by atoms with E-state index in [-0.39, 0.29) is 24.3 Å². The number of rotatable bonds is 8. The van der Waals surface area contributed by atoms with Gasteiger partial charge < -0.3 is 10.0 Å². The van der Waals surface area contributed by atoms with E-state index in [1.165, 1.54) is 0 Å². The molecule has 0 saturated carbocycles. The number of halogens is 1. The summed E-state index contributed by atoms with van der Waals surface area (Å²) < 4.78 is 0. The number of carbonyl (C=O) groups is 2. The van der Waals surface area contributed by atoms with Crippen molar-refractivity contribution in [3.63, 3.8) is 0 Å². The predicted octanol–water partition coefficient (Wildman–Crippen LogP) is 3.94. The van der Waals surface area contributed by atoms with E-state index in [1.54, 1.807) is 11.9 Å². The van der Waals surface area contributed by atoms with Crippen LogP contribution in [0.1, 0.15) is 51.0 Å². The van der Waals surface area contributed by atoms with Crippen LogP contribution < -0.4 is 0 Å². The van der Waals surface area contributed by atoms with Gasteiger partial charge in [0.15, 0.2) is 0 Å². The van der Waals surface area contributed by atoms with Gasteiger partial charge in [0, 0.05) is 36.9 Å². The van der Waals surface area contributed by atoms with Gasteiger partial charge in [0.25, 0.3) is 0 Å². The lowest BCUT2D eigenvalue weighted by atomic mass is 9.93. The fourth-order valence-electron chi connectivity index (χ4n) is 2.34. The fraction of sp³-hybridized carbons (Fsp3) is 0.529. The molecule has 5 heteroatoms. The molecule has 0 fully saturated rings. The number of hydrogen-bond acceptors (Lipinski definition) is 2. The largest absolute Gasteiger partial charge is 0.481 e. The normalized spacial score (nSPS) is 13.5. The van der Waals surface area contributed by atoms with Gasteiger partial charge >= 0.3 is 5.97 Å². The maximum atomic E-state index is 12.2. The van der Waals surface area contributed by atoms with Gasteiger partial charge in [-0.25, -0.2) is 0 Å². The van der Waals surface area contributed by atoms with Crippen molar-refractivity contribution in [2.75, 3.05) is 7.05 Å². The third kappa shape index (κ3) is 5.68. The number of aliphatic carboxylic acids is 1. The van der Waals surface area contributed by atoms with E-state index < -0.39 is 5.97 Å². The van der Waals surface area contributed by atoms with Crippen LogP contribution in [-0.2, 0) is 9.59 Å². The molecule has 0 bridgehead atoms. The molecule has 0 radical (unpaired) electrons. The Morgan fingerprint density at radius 2 is 1.68 bits per heavy atom. The van der Waals surface area contributed by atoms with Crippen LogP contribution in [0, 0.1) is 0 Å². The first-order valence-corrected chi connectivity index (χ1v) is 7.93. The van der Waals surface area contributed by atoms with Crippen molar-refractivity contribution in [3.05, 3.63) is 34.9 Å². The topological polar surface area (TPSA) is 57.6 Å². The van der Waals surface area contributed by atoms with Crippen molar-refractivity contribution in [1.29, 1.82) is 0 Å². The van der Waals surface area contributed by atoms with Gasteiger partial charge in [-0.1, -0.05) is 30.7 Å². The number of carbonyl (C=O) groups excluding carboxylic acids is 1. The van der Waals surface area contributed by atoms with Crippen LogP contribution in [0.15, 0.2) is 24.3 Å². The van der Waals surface area contributed by atoms with Gasteiger partial charge in [-0.3, -0.25) is 9.59 Å². The maximum Gasteiger partial charge on any atom is 0.303 e. The van der Waals surface area contributed by atoms with E-state index >= 15 is 0 Å². The Morgan fingerprint density at radius 3 is 2.23 bits per heavy atom. The highest BCUT2D eigenvalue weighted by Gasteiger charge is 2.22. The Labute approximate surface area is 137 Å². The second-order valence-electron chi connectivity index (χ2n) is 5.69. The Kier molecular flexibility index (Phi) is 7.39. The highest BCUT2D eigenvalue weighted by molar-refractivity contribution is 6.30. The van der Waals surface area contributed by atoms with E-state index in [4.69, 9.17) is 16.7 Å². The van der Waals surface area contributed by atoms with Crippen LogP contribution in [0.25, 0.3) is 0 Å². The molecule has 0 aliphatic heterocycles. The predicted molar refractivity (Wildman–Crippen MR) is 88.2 cm³/mol. The van der Waals surface area contributed by atoms with Crippen molar-refractivity contribution < 1.29 is 14.7 Å². The van der Waals surface area contributed by atoms with Crippen molar-refractivity contribution in [1.82, 2.24) is 4.90 Å². The highest BCUT2D eigenvalue weighted by atomic mass is 35.5. The van der Waals surface area contributed by atoms with Gasteiger partial charge in [-0.15, -0.1) is 0 Å². The summed E-state index contributed by atoms with van der Waals surface area (Å²) in [5, 5.41) is 9.29. The lowest BCUT2D eigenvalue weighted by Gasteiger charge is -2.30. The molecule has 0 aliphatic rings. The Hall–Kier alpha value is -1.55. The number of amides is 1. The standard InChI is InChI=1S/C17H24ClNO3/c1-12(14-8-10-15(18)11-9-14)13(2)19(3)16(20)6-4-5-7-17(21)22/h8-13H,4-7H2,1-3H3,(H,21,22). The van der Waals surface area contributed by atoms with E-state index in [1.807, 2.05) is 31.2 Å². The van der Waals surface area contributed by atoms with Crippen molar-refractivity contribution in [3.8, 4) is 0 Å². The van der Waals surface area contributed by atoms with E-state index in [9.17, 15) is 9.59 Å². The molecular formula is C17H24ClNO3. The van der Waals surface area contributed by atoms with Crippen LogP contribution in [-0.4, -0.2) is 35.0 Å². The molecule has 4 nitrogen and oxygen atoms in total. The van der Waals surface area contributed by atoms with Gasteiger partial charge in [0.1, 0.15) is 0 Å². The Bertz CT molecular complexity index is 501. The number of nitrogens with zero attached hydrogens (tertiary/aromatic N) is 1. The summed E-state index contributed by atoms with van der Waals surface area (Å²) in [5.41, 5.74) is 1.14. The third-order valence-electron chi connectivity index (χ3n) is 4.15. The summed E-state index contributed by atoms with van der Waals surface area (Å²) in [4.78, 5) is 24.4. The first kappa shape index (κ1) is 18.5. The van der Waals surface area contributed by atoms with Crippen LogP contribution in [0.4, 0.5) is 0 Å². The minimum Gasteiger partial charge on any atom is -0.481 e. The van der Waals surface area contributed by atoms with Gasteiger partial charge in [0.05, 0.1) is 0 Å². The monoisotopic (exact) mass is 325 g/mol. The fourth-order valence-corrected chi connectivity index (χ4v) is 2.46. The maximum absolute atomic E-state index is 12.2. The van der Waals surface area contributed by atoms with Crippen LogP contribution in [0.5, 0.6) is 0 Å². The molecule has 0 heterocycles. The number of likely N-dealkylation sites (N-methyl/N-ethyl adjacent to an activating group) is 1. The molecule has 2 unspecified atom stereocenters. The second-order valence-corrected chi connectivity index (χ2v) is 6.12. The molecule has 0 aromatic heterocycles. The molecule has 1 N–H and O–H groups in total.